The van der Waals surface area contributed by atoms with Gasteiger partial charge in [0.25, 0.3) is 11.8 Å². The average Bonchev–Trinajstić information content (AvgIpc) is 3.12. The SMILES string of the molecule is CC(C)c1ccc(/C=C/C(=O)NNC(=O)c2ccc3c(c2)OCO3)cc1. The van der Waals surface area contributed by atoms with Crippen LogP contribution in [0.15, 0.2) is 48.5 Å². The van der Waals surface area contributed by atoms with E-state index < -0.39 is 11.8 Å². The molecule has 2 aromatic carbocycles. The van der Waals surface area contributed by atoms with Crippen molar-refractivity contribution in [1.29, 1.82) is 0 Å². The number of carbonyl (C=O) groups excluding carboxylic acids is 2. The molecule has 0 radical (unpaired) electrons. The molecule has 1 aliphatic rings. The third-order valence-corrected chi connectivity index (χ3v) is 3.96. The summed E-state index contributed by atoms with van der Waals surface area (Å²) in [6.07, 6.45) is 3.05. The number of hydrogen-bond donors (Lipinski definition) is 2. The molecule has 0 fully saturated rings. The van der Waals surface area contributed by atoms with E-state index in [4.69, 9.17) is 9.47 Å². The van der Waals surface area contributed by atoms with Crippen molar-refractivity contribution in [2.45, 2.75) is 19.8 Å². The molecule has 0 saturated heterocycles. The summed E-state index contributed by atoms with van der Waals surface area (Å²) in [6, 6.07) is 12.8. The fourth-order valence-electron chi connectivity index (χ4n) is 2.43. The number of amides is 2. The van der Waals surface area contributed by atoms with E-state index in [1.807, 2.05) is 24.3 Å². The Bertz CT molecular complexity index is 841. The lowest BCUT2D eigenvalue weighted by atomic mass is 10.0. The van der Waals surface area contributed by atoms with Crippen molar-refractivity contribution < 1.29 is 19.1 Å². The predicted octanol–water partition coefficient (Wildman–Crippen LogP) is 3.01. The van der Waals surface area contributed by atoms with Crippen LogP contribution < -0.4 is 20.3 Å². The molecule has 0 spiro atoms. The lowest BCUT2D eigenvalue weighted by Gasteiger charge is -2.06. The number of rotatable bonds is 4. The second kappa shape index (κ2) is 7.74. The van der Waals surface area contributed by atoms with Gasteiger partial charge in [-0.2, -0.15) is 0 Å². The fourth-order valence-corrected chi connectivity index (χ4v) is 2.43. The minimum absolute atomic E-state index is 0.139. The molecule has 0 bridgehead atoms. The van der Waals surface area contributed by atoms with Gasteiger partial charge in [-0.05, 0) is 41.3 Å². The second-order valence-corrected chi connectivity index (χ2v) is 6.17. The van der Waals surface area contributed by atoms with Gasteiger partial charge in [0.2, 0.25) is 6.79 Å². The molecule has 1 heterocycles. The fraction of sp³-hybridized carbons (Fsp3) is 0.200. The maximum absolute atomic E-state index is 12.1. The zero-order chi connectivity index (χ0) is 18.5. The minimum atomic E-state index is -0.439. The van der Waals surface area contributed by atoms with Gasteiger partial charge in [-0.15, -0.1) is 0 Å². The quantitative estimate of drug-likeness (QED) is 0.655. The number of ether oxygens (including phenoxy) is 2. The summed E-state index contributed by atoms with van der Waals surface area (Å²) in [5.74, 6) is 0.701. The van der Waals surface area contributed by atoms with Crippen LogP contribution in [0.3, 0.4) is 0 Å². The first-order valence-electron chi connectivity index (χ1n) is 8.31. The molecule has 2 aromatic rings. The van der Waals surface area contributed by atoms with E-state index in [1.54, 1.807) is 24.3 Å². The molecule has 2 amide bonds. The highest BCUT2D eigenvalue weighted by Crippen LogP contribution is 2.32. The number of hydrazine groups is 1. The Labute approximate surface area is 151 Å². The van der Waals surface area contributed by atoms with Crippen molar-refractivity contribution >= 4 is 17.9 Å². The summed E-state index contributed by atoms with van der Waals surface area (Å²) < 4.78 is 10.4. The highest BCUT2D eigenvalue weighted by Gasteiger charge is 2.16. The molecular formula is C20H20N2O4. The smallest absolute Gasteiger partial charge is 0.269 e. The van der Waals surface area contributed by atoms with Crippen LogP contribution in [0.5, 0.6) is 11.5 Å². The van der Waals surface area contributed by atoms with Gasteiger partial charge >= 0.3 is 0 Å². The van der Waals surface area contributed by atoms with Gasteiger partial charge in [0, 0.05) is 11.6 Å². The molecule has 0 saturated carbocycles. The van der Waals surface area contributed by atoms with Crippen LogP contribution in [0.2, 0.25) is 0 Å². The minimum Gasteiger partial charge on any atom is -0.454 e. The molecule has 26 heavy (non-hydrogen) atoms. The van der Waals surface area contributed by atoms with E-state index in [9.17, 15) is 9.59 Å². The van der Waals surface area contributed by atoms with Crippen molar-refractivity contribution in [1.82, 2.24) is 10.9 Å². The van der Waals surface area contributed by atoms with Gasteiger partial charge in [0.1, 0.15) is 0 Å². The first kappa shape index (κ1) is 17.5. The summed E-state index contributed by atoms with van der Waals surface area (Å²) in [5.41, 5.74) is 7.23. The van der Waals surface area contributed by atoms with Gasteiger partial charge in [-0.25, -0.2) is 0 Å². The van der Waals surface area contributed by atoms with Crippen molar-refractivity contribution in [3.63, 3.8) is 0 Å². The Balaban J connectivity index is 1.52. The number of nitrogens with one attached hydrogen (secondary N) is 2. The topological polar surface area (TPSA) is 76.7 Å². The molecule has 0 atom stereocenters. The largest absolute Gasteiger partial charge is 0.454 e. The molecule has 134 valence electrons. The Morgan fingerprint density at radius 1 is 1.00 bits per heavy atom. The van der Waals surface area contributed by atoms with E-state index in [1.165, 1.54) is 11.6 Å². The molecular weight excluding hydrogens is 332 g/mol. The first-order valence-corrected chi connectivity index (χ1v) is 8.31. The van der Waals surface area contributed by atoms with Crippen LogP contribution in [-0.4, -0.2) is 18.6 Å². The molecule has 0 unspecified atom stereocenters. The van der Waals surface area contributed by atoms with Gasteiger partial charge < -0.3 is 9.47 Å². The number of fused-ring (bicyclic) bond motifs is 1. The van der Waals surface area contributed by atoms with E-state index in [-0.39, 0.29) is 6.79 Å². The van der Waals surface area contributed by atoms with E-state index in [2.05, 4.69) is 24.7 Å². The van der Waals surface area contributed by atoms with Gasteiger partial charge in [-0.3, -0.25) is 20.4 Å². The maximum Gasteiger partial charge on any atom is 0.269 e. The molecule has 0 aromatic heterocycles. The van der Waals surface area contributed by atoms with Crippen molar-refractivity contribution in [3.8, 4) is 11.5 Å². The number of hydrogen-bond acceptors (Lipinski definition) is 4. The van der Waals surface area contributed by atoms with Crippen LogP contribution in [0, 0.1) is 0 Å². The molecule has 3 rings (SSSR count). The number of carbonyl (C=O) groups is 2. The summed E-state index contributed by atoms with van der Waals surface area (Å²) in [4.78, 5) is 23.9. The highest BCUT2D eigenvalue weighted by molar-refractivity contribution is 5.98. The molecule has 6 heteroatoms. The Kier molecular flexibility index (Phi) is 5.22. The van der Waals surface area contributed by atoms with E-state index in [0.717, 1.165) is 5.56 Å². The summed E-state index contributed by atoms with van der Waals surface area (Å²) >= 11 is 0. The maximum atomic E-state index is 12.1. The lowest BCUT2D eigenvalue weighted by molar-refractivity contribution is -0.117. The lowest BCUT2D eigenvalue weighted by Crippen LogP contribution is -2.40. The Morgan fingerprint density at radius 3 is 2.46 bits per heavy atom. The van der Waals surface area contributed by atoms with E-state index in [0.29, 0.717) is 23.0 Å². The van der Waals surface area contributed by atoms with Crippen molar-refractivity contribution in [2.75, 3.05) is 6.79 Å². The van der Waals surface area contributed by atoms with Crippen LogP contribution >= 0.6 is 0 Å². The Hall–Kier alpha value is -3.28. The Morgan fingerprint density at radius 2 is 1.73 bits per heavy atom. The molecule has 1 aliphatic heterocycles. The number of benzene rings is 2. The second-order valence-electron chi connectivity index (χ2n) is 6.17. The summed E-state index contributed by atoms with van der Waals surface area (Å²) in [7, 11) is 0. The van der Waals surface area contributed by atoms with Crippen LogP contribution in [0.1, 0.15) is 41.3 Å². The third-order valence-electron chi connectivity index (χ3n) is 3.96. The van der Waals surface area contributed by atoms with Crippen LogP contribution in [0.25, 0.3) is 6.08 Å². The normalized spacial score (nSPS) is 12.4. The highest BCUT2D eigenvalue weighted by atomic mass is 16.7. The zero-order valence-electron chi connectivity index (χ0n) is 14.6. The molecule has 0 aliphatic carbocycles. The van der Waals surface area contributed by atoms with Crippen molar-refractivity contribution in [3.05, 3.63) is 65.2 Å². The third kappa shape index (κ3) is 4.22. The standard InChI is InChI=1S/C20H20N2O4/c1-13(2)15-6-3-14(4-7-15)5-10-19(23)21-22-20(24)16-8-9-17-18(11-16)26-12-25-17/h3-11,13H,12H2,1-2H3,(H,21,23)(H,22,24)/b10-5+. The van der Waals surface area contributed by atoms with Crippen LogP contribution in [0.4, 0.5) is 0 Å². The molecule has 2 N–H and O–H groups in total. The zero-order valence-corrected chi connectivity index (χ0v) is 14.6. The summed E-state index contributed by atoms with van der Waals surface area (Å²) in [5, 5.41) is 0. The van der Waals surface area contributed by atoms with Gasteiger partial charge in [0.05, 0.1) is 0 Å². The van der Waals surface area contributed by atoms with Crippen molar-refractivity contribution in [2.24, 2.45) is 0 Å². The van der Waals surface area contributed by atoms with E-state index >= 15 is 0 Å². The average molecular weight is 352 g/mol. The monoisotopic (exact) mass is 352 g/mol. The summed E-state index contributed by atoms with van der Waals surface area (Å²) in [6.45, 7) is 4.39. The first-order chi connectivity index (χ1) is 12.5. The van der Waals surface area contributed by atoms with Gasteiger partial charge in [-0.1, -0.05) is 38.1 Å². The van der Waals surface area contributed by atoms with Gasteiger partial charge in [0.15, 0.2) is 11.5 Å². The van der Waals surface area contributed by atoms with Crippen LogP contribution in [-0.2, 0) is 4.79 Å². The molecule has 6 nitrogen and oxygen atoms in total. The predicted molar refractivity (Wildman–Crippen MR) is 97.7 cm³/mol.